The normalized spacial score (nSPS) is 22.1. The molecule has 2 aromatic rings. The van der Waals surface area contributed by atoms with Crippen molar-refractivity contribution in [3.63, 3.8) is 0 Å². The Morgan fingerprint density at radius 2 is 2.26 bits per heavy atom. The van der Waals surface area contributed by atoms with Crippen molar-refractivity contribution in [1.29, 1.82) is 0 Å². The molecule has 1 fully saturated rings. The van der Waals surface area contributed by atoms with Crippen LogP contribution in [0.4, 0.5) is 0 Å². The second kappa shape index (κ2) is 4.49. The molecule has 1 aliphatic heterocycles. The van der Waals surface area contributed by atoms with Crippen LogP contribution in [0.3, 0.4) is 0 Å². The van der Waals surface area contributed by atoms with Gasteiger partial charge in [-0.15, -0.1) is 11.6 Å². The second-order valence-corrected chi connectivity index (χ2v) is 7.53. The minimum atomic E-state index is -2.92. The number of fused-ring (bicyclic) bond motifs is 1. The van der Waals surface area contributed by atoms with Gasteiger partial charge in [0.05, 0.1) is 34.5 Å². The largest absolute Gasteiger partial charge is 0.323 e. The summed E-state index contributed by atoms with van der Waals surface area (Å²) in [5.41, 5.74) is 3.01. The van der Waals surface area contributed by atoms with Gasteiger partial charge in [0.2, 0.25) is 0 Å². The van der Waals surface area contributed by atoms with Crippen molar-refractivity contribution in [2.45, 2.75) is 25.3 Å². The summed E-state index contributed by atoms with van der Waals surface area (Å²) in [7, 11) is -2.92. The van der Waals surface area contributed by atoms with Crippen LogP contribution in [0.1, 0.15) is 23.9 Å². The van der Waals surface area contributed by atoms with Crippen molar-refractivity contribution in [2.24, 2.45) is 0 Å². The van der Waals surface area contributed by atoms with Crippen LogP contribution in [0, 0.1) is 6.92 Å². The molecule has 2 heterocycles. The maximum atomic E-state index is 11.7. The molecule has 1 aromatic carbocycles. The summed E-state index contributed by atoms with van der Waals surface area (Å²) in [5, 5.41) is 0. The molecule has 1 saturated heterocycles. The Hall–Kier alpha value is -1.07. The lowest BCUT2D eigenvalue weighted by Gasteiger charge is -2.15. The van der Waals surface area contributed by atoms with Crippen molar-refractivity contribution in [1.82, 2.24) is 9.55 Å². The number of para-hydroxylation sites is 1. The van der Waals surface area contributed by atoms with E-state index < -0.39 is 9.84 Å². The molecule has 1 unspecified atom stereocenters. The first-order valence-corrected chi connectivity index (χ1v) is 8.60. The van der Waals surface area contributed by atoms with E-state index >= 15 is 0 Å². The standard InChI is InChI=1S/C13H15ClN2O2S/c1-9-3-2-4-11-13(9)16(12(7-14)15-11)10-5-6-19(17,18)8-10/h2-4,10H,5-8H2,1H3. The number of hydrogen-bond donors (Lipinski definition) is 0. The van der Waals surface area contributed by atoms with Gasteiger partial charge < -0.3 is 4.57 Å². The third kappa shape index (κ3) is 2.15. The van der Waals surface area contributed by atoms with Crippen LogP contribution in [0.2, 0.25) is 0 Å². The van der Waals surface area contributed by atoms with Gasteiger partial charge in [-0.3, -0.25) is 0 Å². The molecule has 0 radical (unpaired) electrons. The van der Waals surface area contributed by atoms with Crippen LogP contribution < -0.4 is 0 Å². The summed E-state index contributed by atoms with van der Waals surface area (Å²) in [5.74, 6) is 1.50. The molecule has 0 bridgehead atoms. The van der Waals surface area contributed by atoms with Crippen LogP contribution in [0.25, 0.3) is 11.0 Å². The molecule has 102 valence electrons. The molecule has 4 nitrogen and oxygen atoms in total. The van der Waals surface area contributed by atoms with Crippen LogP contribution in [0.15, 0.2) is 18.2 Å². The fourth-order valence-electron chi connectivity index (χ4n) is 2.84. The highest BCUT2D eigenvalue weighted by Crippen LogP contribution is 2.31. The average Bonchev–Trinajstić information content (AvgIpc) is 2.89. The second-order valence-electron chi connectivity index (χ2n) is 5.03. The van der Waals surface area contributed by atoms with Crippen molar-refractivity contribution in [2.75, 3.05) is 11.5 Å². The zero-order valence-electron chi connectivity index (χ0n) is 10.6. The number of halogens is 1. The van der Waals surface area contributed by atoms with Gasteiger partial charge in [-0.2, -0.15) is 0 Å². The van der Waals surface area contributed by atoms with E-state index in [0.29, 0.717) is 12.3 Å². The SMILES string of the molecule is Cc1cccc2nc(CCl)n(C3CCS(=O)(=O)C3)c12. The van der Waals surface area contributed by atoms with Gasteiger partial charge in [0.1, 0.15) is 5.82 Å². The predicted molar refractivity (Wildman–Crippen MR) is 76.3 cm³/mol. The Morgan fingerprint density at radius 3 is 2.89 bits per heavy atom. The predicted octanol–water partition coefficient (Wildman–Crippen LogP) is 2.44. The van der Waals surface area contributed by atoms with Gasteiger partial charge >= 0.3 is 0 Å². The maximum absolute atomic E-state index is 11.7. The van der Waals surface area contributed by atoms with E-state index in [2.05, 4.69) is 4.98 Å². The molecule has 19 heavy (non-hydrogen) atoms. The molecule has 1 aromatic heterocycles. The smallest absolute Gasteiger partial charge is 0.152 e. The monoisotopic (exact) mass is 298 g/mol. The summed E-state index contributed by atoms with van der Waals surface area (Å²) in [6, 6.07) is 5.88. The number of sulfone groups is 1. The fourth-order valence-corrected chi connectivity index (χ4v) is 4.72. The molecule has 1 atom stereocenters. The first kappa shape index (κ1) is 12.9. The van der Waals surface area contributed by atoms with E-state index in [1.807, 2.05) is 29.7 Å². The molecule has 1 aliphatic rings. The molecule has 6 heteroatoms. The van der Waals surface area contributed by atoms with Gasteiger partial charge in [-0.05, 0) is 25.0 Å². The number of aryl methyl sites for hydroxylation is 1. The van der Waals surface area contributed by atoms with Crippen molar-refractivity contribution in [3.8, 4) is 0 Å². The van der Waals surface area contributed by atoms with Crippen molar-refractivity contribution >= 4 is 32.5 Å². The Morgan fingerprint density at radius 1 is 1.47 bits per heavy atom. The Labute approximate surface area is 117 Å². The Balaban J connectivity index is 2.22. The third-order valence-corrected chi connectivity index (χ3v) is 5.67. The number of aromatic nitrogens is 2. The minimum Gasteiger partial charge on any atom is -0.323 e. The number of alkyl halides is 1. The van der Waals surface area contributed by atoms with E-state index in [-0.39, 0.29) is 17.5 Å². The Kier molecular flexibility index (Phi) is 3.06. The highest BCUT2D eigenvalue weighted by molar-refractivity contribution is 7.91. The van der Waals surface area contributed by atoms with Gasteiger partial charge in [0, 0.05) is 0 Å². The highest BCUT2D eigenvalue weighted by Gasteiger charge is 2.31. The topological polar surface area (TPSA) is 52.0 Å². The lowest BCUT2D eigenvalue weighted by Crippen LogP contribution is -2.13. The van der Waals surface area contributed by atoms with E-state index in [9.17, 15) is 8.42 Å². The number of rotatable bonds is 2. The third-order valence-electron chi connectivity index (χ3n) is 3.68. The minimum absolute atomic E-state index is 0.0372. The molecule has 0 amide bonds. The fraction of sp³-hybridized carbons (Fsp3) is 0.462. The molecule has 0 saturated carbocycles. The summed E-state index contributed by atoms with van der Waals surface area (Å²) in [6.07, 6.45) is 0.645. The van der Waals surface area contributed by atoms with Gasteiger partial charge in [-0.1, -0.05) is 12.1 Å². The number of nitrogens with zero attached hydrogens (tertiary/aromatic N) is 2. The van der Waals surface area contributed by atoms with Crippen LogP contribution in [-0.2, 0) is 15.7 Å². The zero-order valence-corrected chi connectivity index (χ0v) is 12.2. The van der Waals surface area contributed by atoms with Crippen molar-refractivity contribution < 1.29 is 8.42 Å². The van der Waals surface area contributed by atoms with Crippen LogP contribution in [0.5, 0.6) is 0 Å². The van der Waals surface area contributed by atoms with E-state index in [1.54, 1.807) is 0 Å². The first-order valence-electron chi connectivity index (χ1n) is 6.24. The molecular formula is C13H15ClN2O2S. The van der Waals surface area contributed by atoms with Gasteiger partial charge in [-0.25, -0.2) is 13.4 Å². The number of imidazole rings is 1. The van der Waals surface area contributed by atoms with Gasteiger partial charge in [0.25, 0.3) is 0 Å². The lowest BCUT2D eigenvalue weighted by molar-refractivity contribution is 0.553. The molecule has 0 N–H and O–H groups in total. The van der Waals surface area contributed by atoms with Crippen molar-refractivity contribution in [3.05, 3.63) is 29.6 Å². The summed E-state index contributed by atoms with van der Waals surface area (Å²) < 4.78 is 25.4. The van der Waals surface area contributed by atoms with E-state index in [1.165, 1.54) is 0 Å². The maximum Gasteiger partial charge on any atom is 0.152 e. The molecule has 0 spiro atoms. The first-order chi connectivity index (χ1) is 9.02. The van der Waals surface area contributed by atoms with Gasteiger partial charge in [0.15, 0.2) is 9.84 Å². The van der Waals surface area contributed by atoms with Crippen LogP contribution in [-0.4, -0.2) is 29.5 Å². The number of benzene rings is 1. The summed E-state index contributed by atoms with van der Waals surface area (Å²) in [6.45, 7) is 2.02. The zero-order chi connectivity index (χ0) is 13.6. The molecular weight excluding hydrogens is 284 g/mol. The quantitative estimate of drug-likeness (QED) is 0.800. The number of hydrogen-bond acceptors (Lipinski definition) is 3. The summed E-state index contributed by atoms with van der Waals surface area (Å²) >= 11 is 5.97. The van der Waals surface area contributed by atoms with Crippen LogP contribution >= 0.6 is 11.6 Å². The summed E-state index contributed by atoms with van der Waals surface area (Å²) in [4.78, 5) is 4.52. The van der Waals surface area contributed by atoms with E-state index in [4.69, 9.17) is 11.6 Å². The lowest BCUT2D eigenvalue weighted by atomic mass is 10.2. The van der Waals surface area contributed by atoms with E-state index in [0.717, 1.165) is 22.4 Å². The molecule has 3 rings (SSSR count). The Bertz CT molecular complexity index is 736. The molecule has 0 aliphatic carbocycles. The highest BCUT2D eigenvalue weighted by atomic mass is 35.5. The average molecular weight is 299 g/mol.